The zero-order valence-corrected chi connectivity index (χ0v) is 7.21. The van der Waals surface area contributed by atoms with Crippen LogP contribution >= 0.6 is 11.9 Å². The van der Waals surface area contributed by atoms with Crippen LogP contribution in [0.15, 0.2) is 24.3 Å². The molecule has 0 amide bonds. The molecule has 1 aromatic heterocycles. The molecule has 0 unspecified atom stereocenters. The van der Waals surface area contributed by atoms with Crippen LogP contribution in [0, 0.1) is 0 Å². The summed E-state index contributed by atoms with van der Waals surface area (Å²) in [5, 5.41) is 0. The lowest BCUT2D eigenvalue weighted by Crippen LogP contribution is -1.99. The third-order valence-corrected chi connectivity index (χ3v) is 1.79. The van der Waals surface area contributed by atoms with Crippen LogP contribution in [0.1, 0.15) is 10.6 Å². The van der Waals surface area contributed by atoms with Crippen molar-refractivity contribution in [3.8, 4) is 0 Å². The molecule has 4 nitrogen and oxygen atoms in total. The van der Waals surface area contributed by atoms with Gasteiger partial charge in [0.25, 0.3) is 0 Å². The van der Waals surface area contributed by atoms with Gasteiger partial charge in [-0.05, 0) is 12.1 Å². The van der Waals surface area contributed by atoms with Crippen molar-refractivity contribution < 1.29 is 9.08 Å². The van der Waals surface area contributed by atoms with E-state index in [0.29, 0.717) is 5.52 Å². The Bertz CT molecular complexity index is 419. The van der Waals surface area contributed by atoms with Crippen LogP contribution in [0.2, 0.25) is 0 Å². The van der Waals surface area contributed by atoms with Gasteiger partial charge < -0.3 is 9.27 Å². The maximum atomic E-state index is 10.9. The number of para-hydroxylation sites is 2. The predicted molar refractivity (Wildman–Crippen MR) is 47.4 cm³/mol. The number of halogens is 1. The minimum atomic E-state index is -0.683. The van der Waals surface area contributed by atoms with Gasteiger partial charge in [-0.25, -0.2) is 9.78 Å². The van der Waals surface area contributed by atoms with Crippen LogP contribution in [0.4, 0.5) is 0 Å². The standard InChI is InChI=1S/C8H5ClN2O2/c9-13-8(12)7-10-5-3-1-2-4-6(5)11-7/h1-4H,(H,10,11). The van der Waals surface area contributed by atoms with Gasteiger partial charge in [0.1, 0.15) is 11.9 Å². The van der Waals surface area contributed by atoms with Crippen molar-refractivity contribution in [3.63, 3.8) is 0 Å². The van der Waals surface area contributed by atoms with E-state index in [-0.39, 0.29) is 5.82 Å². The molecule has 0 fully saturated rings. The van der Waals surface area contributed by atoms with Crippen molar-refractivity contribution in [2.75, 3.05) is 0 Å². The topological polar surface area (TPSA) is 55.0 Å². The highest BCUT2D eigenvalue weighted by Gasteiger charge is 2.11. The molecule has 1 N–H and O–H groups in total. The molecule has 0 saturated carbocycles. The number of aromatic nitrogens is 2. The van der Waals surface area contributed by atoms with E-state index in [1.54, 1.807) is 6.07 Å². The number of hydrogen-bond acceptors (Lipinski definition) is 3. The number of aromatic amines is 1. The summed E-state index contributed by atoms with van der Waals surface area (Å²) in [6, 6.07) is 7.28. The lowest BCUT2D eigenvalue weighted by atomic mass is 10.3. The molecule has 0 radical (unpaired) electrons. The fraction of sp³-hybridized carbons (Fsp3) is 0. The van der Waals surface area contributed by atoms with Gasteiger partial charge in [-0.15, -0.1) is 0 Å². The number of benzene rings is 1. The second-order valence-corrected chi connectivity index (χ2v) is 2.62. The first kappa shape index (κ1) is 8.07. The van der Waals surface area contributed by atoms with Gasteiger partial charge in [-0.3, -0.25) is 0 Å². The molecule has 0 aliphatic heterocycles. The third-order valence-electron chi connectivity index (χ3n) is 1.65. The molecular weight excluding hydrogens is 192 g/mol. The monoisotopic (exact) mass is 196 g/mol. The molecule has 0 saturated heterocycles. The first-order valence-corrected chi connectivity index (χ1v) is 3.90. The van der Waals surface area contributed by atoms with Crippen molar-refractivity contribution in [1.29, 1.82) is 0 Å². The van der Waals surface area contributed by atoms with Crippen LogP contribution < -0.4 is 0 Å². The summed E-state index contributed by atoms with van der Waals surface area (Å²) in [4.78, 5) is 17.7. The van der Waals surface area contributed by atoms with E-state index in [9.17, 15) is 4.79 Å². The number of imidazole rings is 1. The van der Waals surface area contributed by atoms with Gasteiger partial charge in [0.05, 0.1) is 11.0 Å². The summed E-state index contributed by atoms with van der Waals surface area (Å²) in [6.07, 6.45) is 0. The van der Waals surface area contributed by atoms with Crippen LogP contribution in [0.3, 0.4) is 0 Å². The number of carbonyl (C=O) groups excluding carboxylic acids is 1. The van der Waals surface area contributed by atoms with Gasteiger partial charge in [-0.2, -0.15) is 0 Å². The Balaban J connectivity index is 2.56. The lowest BCUT2D eigenvalue weighted by Gasteiger charge is -1.86. The molecular formula is C8H5ClN2O2. The summed E-state index contributed by atoms with van der Waals surface area (Å²) in [6.45, 7) is 0. The molecule has 66 valence electrons. The number of nitrogens with one attached hydrogen (secondary N) is 1. The van der Waals surface area contributed by atoms with Crippen LogP contribution in [-0.4, -0.2) is 15.9 Å². The zero-order valence-electron chi connectivity index (χ0n) is 6.45. The predicted octanol–water partition coefficient (Wildman–Crippen LogP) is 1.87. The Morgan fingerprint density at radius 2 is 2.23 bits per heavy atom. The van der Waals surface area contributed by atoms with E-state index in [2.05, 4.69) is 14.3 Å². The van der Waals surface area contributed by atoms with E-state index in [1.165, 1.54) is 0 Å². The summed E-state index contributed by atoms with van der Waals surface area (Å²) in [5.41, 5.74) is 1.49. The third kappa shape index (κ3) is 1.36. The number of nitrogens with zero attached hydrogens (tertiary/aromatic N) is 1. The minimum absolute atomic E-state index is 0.108. The highest BCUT2D eigenvalue weighted by Crippen LogP contribution is 2.10. The van der Waals surface area contributed by atoms with E-state index >= 15 is 0 Å². The van der Waals surface area contributed by atoms with Gasteiger partial charge >= 0.3 is 5.97 Å². The summed E-state index contributed by atoms with van der Waals surface area (Å²) in [5.74, 6) is -0.575. The van der Waals surface area contributed by atoms with Crippen molar-refractivity contribution in [2.45, 2.75) is 0 Å². The van der Waals surface area contributed by atoms with E-state index in [1.807, 2.05) is 18.2 Å². The summed E-state index contributed by atoms with van der Waals surface area (Å²) < 4.78 is 4.01. The molecule has 13 heavy (non-hydrogen) atoms. The molecule has 0 bridgehead atoms. The molecule has 0 aliphatic rings. The zero-order chi connectivity index (χ0) is 9.26. The second-order valence-electron chi connectivity index (χ2n) is 2.47. The van der Waals surface area contributed by atoms with E-state index < -0.39 is 5.97 Å². The van der Waals surface area contributed by atoms with Gasteiger partial charge in [0.2, 0.25) is 5.82 Å². The number of carbonyl (C=O) groups is 1. The summed E-state index contributed by atoms with van der Waals surface area (Å²) >= 11 is 4.90. The second kappa shape index (κ2) is 3.06. The Hall–Kier alpha value is -1.55. The number of fused-ring (bicyclic) bond motifs is 1. The fourth-order valence-corrected chi connectivity index (χ4v) is 1.16. The Morgan fingerprint density at radius 1 is 1.46 bits per heavy atom. The van der Waals surface area contributed by atoms with Crippen LogP contribution in [-0.2, 0) is 4.29 Å². The lowest BCUT2D eigenvalue weighted by molar-refractivity contribution is 0.0740. The molecule has 0 aliphatic carbocycles. The first-order chi connectivity index (χ1) is 6.31. The van der Waals surface area contributed by atoms with Crippen molar-refractivity contribution in [3.05, 3.63) is 30.1 Å². The molecule has 2 rings (SSSR count). The van der Waals surface area contributed by atoms with Crippen molar-refractivity contribution in [2.24, 2.45) is 0 Å². The number of hydrogen-bond donors (Lipinski definition) is 1. The first-order valence-electron chi connectivity index (χ1n) is 3.59. The molecule has 5 heteroatoms. The molecule has 2 aromatic rings. The Labute approximate surface area is 78.7 Å². The van der Waals surface area contributed by atoms with Crippen LogP contribution in [0.25, 0.3) is 11.0 Å². The highest BCUT2D eigenvalue weighted by atomic mass is 35.5. The van der Waals surface area contributed by atoms with Gasteiger partial charge in [0.15, 0.2) is 0 Å². The maximum absolute atomic E-state index is 10.9. The SMILES string of the molecule is O=C(OCl)c1nc2ccccc2[nH]1. The van der Waals surface area contributed by atoms with E-state index in [4.69, 9.17) is 11.9 Å². The number of rotatable bonds is 1. The van der Waals surface area contributed by atoms with Gasteiger partial charge in [0, 0.05) is 0 Å². The van der Waals surface area contributed by atoms with E-state index in [0.717, 1.165) is 5.52 Å². The van der Waals surface area contributed by atoms with Gasteiger partial charge in [-0.1, -0.05) is 12.1 Å². The van der Waals surface area contributed by atoms with Crippen molar-refractivity contribution >= 4 is 28.9 Å². The molecule has 0 atom stereocenters. The Morgan fingerprint density at radius 3 is 2.92 bits per heavy atom. The molecule has 1 heterocycles. The average Bonchev–Trinajstić information content (AvgIpc) is 2.59. The quantitative estimate of drug-likeness (QED) is 0.758. The summed E-state index contributed by atoms with van der Waals surface area (Å²) in [7, 11) is 0. The Kier molecular flexibility index (Phi) is 1.90. The fourth-order valence-electron chi connectivity index (χ4n) is 1.09. The molecule has 0 spiro atoms. The highest BCUT2D eigenvalue weighted by molar-refractivity contribution is 6.15. The normalized spacial score (nSPS) is 10.2. The largest absolute Gasteiger partial charge is 0.392 e. The number of H-pyrrole nitrogens is 1. The van der Waals surface area contributed by atoms with Crippen LogP contribution in [0.5, 0.6) is 0 Å². The maximum Gasteiger partial charge on any atom is 0.392 e. The smallest absolute Gasteiger partial charge is 0.341 e. The minimum Gasteiger partial charge on any atom is -0.341 e. The average molecular weight is 197 g/mol. The molecule has 1 aromatic carbocycles. The van der Waals surface area contributed by atoms with Crippen molar-refractivity contribution in [1.82, 2.24) is 9.97 Å².